The molecule has 0 aliphatic carbocycles. The van der Waals surface area contributed by atoms with Gasteiger partial charge in [0.25, 0.3) is 0 Å². The Morgan fingerprint density at radius 1 is 1.00 bits per heavy atom. The summed E-state index contributed by atoms with van der Waals surface area (Å²) in [5.74, 6) is 1.36. The summed E-state index contributed by atoms with van der Waals surface area (Å²) in [6.45, 7) is 2.73. The summed E-state index contributed by atoms with van der Waals surface area (Å²) in [6, 6.07) is 19.8. The molecule has 2 aromatic carbocycles. The number of hydrogen-bond donors (Lipinski definition) is 2. The molecule has 1 amide bonds. The van der Waals surface area contributed by atoms with Crippen LogP contribution in [0.1, 0.15) is 18.9 Å². The fourth-order valence-electron chi connectivity index (χ4n) is 3.88. The maximum Gasteiger partial charge on any atom is 0.224 e. The van der Waals surface area contributed by atoms with Crippen LogP contribution in [0, 0.1) is 0 Å². The average molecular weight is 452 g/mol. The van der Waals surface area contributed by atoms with Gasteiger partial charge in [0.2, 0.25) is 5.91 Å². The van der Waals surface area contributed by atoms with E-state index in [1.807, 2.05) is 89.1 Å². The third-order valence-corrected chi connectivity index (χ3v) is 5.56. The molecular formula is C26H25N7O. The molecule has 5 aromatic rings. The number of carbonyl (C=O) groups excluding carboxylic acids is 1. The first-order chi connectivity index (χ1) is 16.7. The summed E-state index contributed by atoms with van der Waals surface area (Å²) in [7, 11) is 0. The van der Waals surface area contributed by atoms with Gasteiger partial charge in [-0.05, 0) is 54.4 Å². The standard InChI is InChI=1S/C26H25N7O/c1-2-13-28-26(34)16-19-17-33(23-6-4-3-5-22(19)23)25-12-11-24(30-31-25)29-20-7-9-21(10-8-20)32-15-14-27-18-32/h3-12,14-15,17-18H,2,13,16H2,1H3,(H,28,34)(H,29,30). The summed E-state index contributed by atoms with van der Waals surface area (Å²) in [5, 5.41) is 16.1. The van der Waals surface area contributed by atoms with Gasteiger partial charge in [-0.1, -0.05) is 25.1 Å². The van der Waals surface area contributed by atoms with Crippen molar-refractivity contribution in [3.8, 4) is 11.5 Å². The second-order valence-corrected chi connectivity index (χ2v) is 7.99. The number of rotatable bonds is 8. The van der Waals surface area contributed by atoms with Gasteiger partial charge >= 0.3 is 0 Å². The van der Waals surface area contributed by atoms with E-state index in [0.717, 1.165) is 34.3 Å². The van der Waals surface area contributed by atoms with Crippen molar-refractivity contribution >= 4 is 28.3 Å². The predicted octanol–water partition coefficient (Wildman–Crippen LogP) is 4.42. The van der Waals surface area contributed by atoms with Gasteiger partial charge < -0.3 is 15.2 Å². The van der Waals surface area contributed by atoms with Crippen LogP contribution in [-0.2, 0) is 11.2 Å². The lowest BCUT2D eigenvalue weighted by Crippen LogP contribution is -2.25. The summed E-state index contributed by atoms with van der Waals surface area (Å²) < 4.78 is 3.93. The van der Waals surface area contributed by atoms with Crippen molar-refractivity contribution in [3.05, 3.63) is 91.1 Å². The molecule has 0 atom stereocenters. The first kappa shape index (κ1) is 21.4. The average Bonchev–Trinajstić information content (AvgIpc) is 3.53. The molecule has 0 aliphatic heterocycles. The number of imidazole rings is 1. The number of amides is 1. The van der Waals surface area contributed by atoms with Crippen LogP contribution in [0.3, 0.4) is 0 Å². The fourth-order valence-corrected chi connectivity index (χ4v) is 3.88. The lowest BCUT2D eigenvalue weighted by Gasteiger charge is -2.08. The molecule has 170 valence electrons. The van der Waals surface area contributed by atoms with Crippen LogP contribution in [0.5, 0.6) is 0 Å². The molecule has 0 spiro atoms. The zero-order valence-corrected chi connectivity index (χ0v) is 18.8. The van der Waals surface area contributed by atoms with Gasteiger partial charge in [-0.3, -0.25) is 9.36 Å². The van der Waals surface area contributed by atoms with E-state index in [1.165, 1.54) is 0 Å². The van der Waals surface area contributed by atoms with Crippen LogP contribution >= 0.6 is 0 Å². The van der Waals surface area contributed by atoms with Crippen molar-refractivity contribution in [2.24, 2.45) is 0 Å². The second kappa shape index (κ2) is 9.58. The number of nitrogens with one attached hydrogen (secondary N) is 2. The third kappa shape index (κ3) is 4.52. The minimum Gasteiger partial charge on any atom is -0.356 e. The van der Waals surface area contributed by atoms with Gasteiger partial charge in [0, 0.05) is 41.9 Å². The molecular weight excluding hydrogens is 426 g/mol. The molecule has 8 nitrogen and oxygen atoms in total. The molecule has 8 heteroatoms. The van der Waals surface area contributed by atoms with Gasteiger partial charge in [0.05, 0.1) is 18.3 Å². The number of nitrogens with zero attached hydrogens (tertiary/aromatic N) is 5. The van der Waals surface area contributed by atoms with Crippen LogP contribution < -0.4 is 10.6 Å². The van der Waals surface area contributed by atoms with E-state index in [9.17, 15) is 4.79 Å². The molecule has 34 heavy (non-hydrogen) atoms. The van der Waals surface area contributed by atoms with Crippen molar-refractivity contribution < 1.29 is 4.79 Å². The Kier molecular flexibility index (Phi) is 6.03. The number of para-hydroxylation sites is 1. The molecule has 0 saturated heterocycles. The predicted molar refractivity (Wildman–Crippen MR) is 133 cm³/mol. The monoisotopic (exact) mass is 451 g/mol. The van der Waals surface area contributed by atoms with Crippen molar-refractivity contribution in [2.75, 3.05) is 11.9 Å². The molecule has 0 unspecified atom stereocenters. The van der Waals surface area contributed by atoms with E-state index in [1.54, 1.807) is 12.5 Å². The first-order valence-corrected chi connectivity index (χ1v) is 11.3. The quantitative estimate of drug-likeness (QED) is 0.365. The maximum atomic E-state index is 12.3. The highest BCUT2D eigenvalue weighted by Crippen LogP contribution is 2.25. The smallest absolute Gasteiger partial charge is 0.224 e. The maximum absolute atomic E-state index is 12.3. The highest BCUT2D eigenvalue weighted by molar-refractivity contribution is 5.90. The van der Waals surface area contributed by atoms with Gasteiger partial charge in [0.1, 0.15) is 0 Å². The van der Waals surface area contributed by atoms with Crippen LogP contribution in [-0.4, -0.2) is 36.8 Å². The second-order valence-electron chi connectivity index (χ2n) is 7.99. The Labute approximate surface area is 197 Å². The Balaban J connectivity index is 1.35. The van der Waals surface area contributed by atoms with E-state index >= 15 is 0 Å². The number of carbonyl (C=O) groups is 1. The number of hydrogen-bond acceptors (Lipinski definition) is 5. The van der Waals surface area contributed by atoms with Gasteiger partial charge in [-0.2, -0.15) is 0 Å². The van der Waals surface area contributed by atoms with Crippen molar-refractivity contribution in [2.45, 2.75) is 19.8 Å². The Hall–Kier alpha value is -4.46. The van der Waals surface area contributed by atoms with Crippen molar-refractivity contribution in [3.63, 3.8) is 0 Å². The minimum absolute atomic E-state index is 0.0226. The van der Waals surface area contributed by atoms with E-state index in [4.69, 9.17) is 0 Å². The number of fused-ring (bicyclic) bond motifs is 1. The third-order valence-electron chi connectivity index (χ3n) is 5.56. The molecule has 0 fully saturated rings. The molecule has 5 rings (SSSR count). The van der Waals surface area contributed by atoms with E-state index < -0.39 is 0 Å². The molecule has 3 heterocycles. The normalized spacial score (nSPS) is 11.0. The van der Waals surface area contributed by atoms with Crippen LogP contribution in [0.4, 0.5) is 11.5 Å². The SMILES string of the molecule is CCCNC(=O)Cc1cn(-c2ccc(Nc3ccc(-n4ccnc4)cc3)nn2)c2ccccc12. The Morgan fingerprint density at radius 3 is 2.59 bits per heavy atom. The van der Waals surface area contributed by atoms with E-state index in [2.05, 4.69) is 25.8 Å². The van der Waals surface area contributed by atoms with Gasteiger partial charge in [-0.25, -0.2) is 4.98 Å². The lowest BCUT2D eigenvalue weighted by molar-refractivity contribution is -0.120. The van der Waals surface area contributed by atoms with Gasteiger partial charge in [-0.15, -0.1) is 10.2 Å². The Bertz CT molecular complexity index is 1390. The first-order valence-electron chi connectivity index (χ1n) is 11.3. The number of aromatic nitrogens is 5. The zero-order valence-electron chi connectivity index (χ0n) is 18.8. The van der Waals surface area contributed by atoms with E-state index in [0.29, 0.717) is 24.6 Å². The molecule has 0 bridgehead atoms. The highest BCUT2D eigenvalue weighted by Gasteiger charge is 2.13. The summed E-state index contributed by atoms with van der Waals surface area (Å²) in [6.07, 6.45) is 8.64. The molecule has 0 aliphatic rings. The lowest BCUT2D eigenvalue weighted by atomic mass is 10.1. The molecule has 3 aromatic heterocycles. The van der Waals surface area contributed by atoms with Crippen molar-refractivity contribution in [1.29, 1.82) is 0 Å². The number of anilines is 2. The van der Waals surface area contributed by atoms with Crippen LogP contribution in [0.2, 0.25) is 0 Å². The molecule has 2 N–H and O–H groups in total. The topological polar surface area (TPSA) is 89.7 Å². The summed E-state index contributed by atoms with van der Waals surface area (Å²) in [5.41, 5.74) is 3.90. The van der Waals surface area contributed by atoms with Gasteiger partial charge in [0.15, 0.2) is 11.6 Å². The Morgan fingerprint density at radius 2 is 1.85 bits per heavy atom. The zero-order chi connectivity index (χ0) is 23.3. The minimum atomic E-state index is 0.0226. The highest BCUT2D eigenvalue weighted by atomic mass is 16.1. The largest absolute Gasteiger partial charge is 0.356 e. The van der Waals surface area contributed by atoms with E-state index in [-0.39, 0.29) is 5.91 Å². The molecule has 0 radical (unpaired) electrons. The fraction of sp³-hybridized carbons (Fsp3) is 0.154. The van der Waals surface area contributed by atoms with Crippen LogP contribution in [0.25, 0.3) is 22.4 Å². The molecule has 0 saturated carbocycles. The van der Waals surface area contributed by atoms with Crippen LogP contribution in [0.15, 0.2) is 85.6 Å². The summed E-state index contributed by atoms with van der Waals surface area (Å²) in [4.78, 5) is 16.4. The summed E-state index contributed by atoms with van der Waals surface area (Å²) >= 11 is 0. The van der Waals surface area contributed by atoms with Crippen molar-refractivity contribution in [1.82, 2.24) is 29.6 Å². The number of benzene rings is 2.